The van der Waals surface area contributed by atoms with Crippen LogP contribution < -0.4 is 16.0 Å². The number of aldehydes is 1. The zero-order valence-corrected chi connectivity index (χ0v) is 25.3. The molecule has 7 atom stereocenters. The van der Waals surface area contributed by atoms with Gasteiger partial charge in [0.25, 0.3) is 0 Å². The van der Waals surface area contributed by atoms with Crippen LogP contribution in [0.1, 0.15) is 51.4 Å². The van der Waals surface area contributed by atoms with E-state index in [1.54, 1.807) is 0 Å². The van der Waals surface area contributed by atoms with Gasteiger partial charge in [-0.3, -0.25) is 28.8 Å². The maximum Gasteiger partial charge on any atom is 0.246 e. The fourth-order valence-corrected chi connectivity index (χ4v) is 7.23. The number of likely N-dealkylation sites (tertiary alicyclic amines) is 4. The smallest absolute Gasteiger partial charge is 0.246 e. The van der Waals surface area contributed by atoms with Crippen LogP contribution in [0.2, 0.25) is 0 Å². The van der Waals surface area contributed by atoms with Gasteiger partial charge in [0.2, 0.25) is 35.4 Å². The maximum absolute atomic E-state index is 13.6. The average Bonchev–Trinajstić information content (AvgIpc) is 3.87. The van der Waals surface area contributed by atoms with E-state index < -0.39 is 78.5 Å². The molecule has 0 saturated carbocycles. The number of nitrogens with one attached hydrogen (secondary N) is 3. The number of hydrogen-bond donors (Lipinski definition) is 5. The van der Waals surface area contributed by atoms with Crippen LogP contribution in [0, 0.1) is 0 Å². The predicted molar refractivity (Wildman–Crippen MR) is 155 cm³/mol. The van der Waals surface area contributed by atoms with Gasteiger partial charge in [0.15, 0.2) is 0 Å². The highest BCUT2D eigenvalue weighted by Gasteiger charge is 2.45. The van der Waals surface area contributed by atoms with Crippen molar-refractivity contribution >= 4 is 41.7 Å². The Labute approximate surface area is 260 Å². The average molecular weight is 634 g/mol. The number of carbonyl (C=O) groups excluding carboxylic acids is 7. The Bertz CT molecular complexity index is 1190. The number of aliphatic hydroxyl groups excluding tert-OH is 2. The zero-order valence-electron chi connectivity index (χ0n) is 25.3. The summed E-state index contributed by atoms with van der Waals surface area (Å²) in [5, 5.41) is 28.7. The van der Waals surface area contributed by atoms with Crippen molar-refractivity contribution in [3.63, 3.8) is 0 Å². The second-order valence-electron chi connectivity index (χ2n) is 12.6. The molecule has 5 aliphatic rings. The summed E-state index contributed by atoms with van der Waals surface area (Å²) in [5.74, 6) is -2.83. The van der Waals surface area contributed by atoms with Gasteiger partial charge in [0.05, 0.1) is 37.4 Å². The molecule has 5 heterocycles. The van der Waals surface area contributed by atoms with Gasteiger partial charge in [0, 0.05) is 39.0 Å². The number of carbonyl (C=O) groups is 7. The molecule has 0 aliphatic carbocycles. The fourth-order valence-electron chi connectivity index (χ4n) is 7.23. The van der Waals surface area contributed by atoms with Crippen molar-refractivity contribution in [2.24, 2.45) is 0 Å². The first-order valence-corrected chi connectivity index (χ1v) is 15.9. The monoisotopic (exact) mass is 633 g/mol. The molecule has 16 nitrogen and oxygen atoms in total. The quantitative estimate of drug-likeness (QED) is 0.156. The van der Waals surface area contributed by atoms with Gasteiger partial charge in [-0.2, -0.15) is 0 Å². The lowest BCUT2D eigenvalue weighted by atomic mass is 10.1. The van der Waals surface area contributed by atoms with Gasteiger partial charge in [-0.15, -0.1) is 0 Å². The summed E-state index contributed by atoms with van der Waals surface area (Å²) in [6.07, 6.45) is 2.56. The van der Waals surface area contributed by atoms with E-state index in [0.717, 1.165) is 6.42 Å². The van der Waals surface area contributed by atoms with Crippen molar-refractivity contribution in [3.05, 3.63) is 0 Å². The molecule has 0 aromatic rings. The first kappa shape index (κ1) is 32.8. The zero-order chi connectivity index (χ0) is 32.2. The normalized spacial score (nSPS) is 31.4. The lowest BCUT2D eigenvalue weighted by molar-refractivity contribution is -0.147. The van der Waals surface area contributed by atoms with E-state index >= 15 is 0 Å². The van der Waals surface area contributed by atoms with E-state index in [1.807, 2.05) is 0 Å². The van der Waals surface area contributed by atoms with Crippen LogP contribution in [-0.4, -0.2) is 160 Å². The molecule has 5 N–H and O–H groups in total. The first-order valence-electron chi connectivity index (χ1n) is 15.9. The number of β-amino-alcohol motifs (C(OH)–C–C–N with tert-alkyl or cyclic N) is 2. The molecule has 6 amide bonds. The van der Waals surface area contributed by atoms with E-state index in [2.05, 4.69) is 16.0 Å². The van der Waals surface area contributed by atoms with Crippen LogP contribution in [0.5, 0.6) is 0 Å². The van der Waals surface area contributed by atoms with Crippen molar-refractivity contribution in [1.29, 1.82) is 0 Å². The molecule has 0 radical (unpaired) electrons. The van der Waals surface area contributed by atoms with E-state index in [4.69, 9.17) is 0 Å². The molecule has 5 saturated heterocycles. The van der Waals surface area contributed by atoms with Crippen LogP contribution >= 0.6 is 0 Å². The molecule has 45 heavy (non-hydrogen) atoms. The Hall–Kier alpha value is -3.63. The lowest BCUT2D eigenvalue weighted by Gasteiger charge is -2.31. The van der Waals surface area contributed by atoms with Gasteiger partial charge in [0.1, 0.15) is 24.4 Å². The summed E-state index contributed by atoms with van der Waals surface area (Å²) in [5.41, 5.74) is 0. The lowest BCUT2D eigenvalue weighted by Crippen LogP contribution is -2.55. The third kappa shape index (κ3) is 7.12. The number of nitrogens with zero attached hydrogens (tertiary/aromatic N) is 4. The molecule has 16 heteroatoms. The molecular formula is C29H43N7O9. The molecule has 5 rings (SSSR count). The third-order valence-corrected chi connectivity index (χ3v) is 9.55. The minimum Gasteiger partial charge on any atom is -0.391 e. The predicted octanol–water partition coefficient (Wildman–Crippen LogP) is -3.92. The second-order valence-corrected chi connectivity index (χ2v) is 12.6. The highest BCUT2D eigenvalue weighted by atomic mass is 16.3. The molecule has 0 aromatic carbocycles. The molecule has 5 aliphatic heterocycles. The summed E-state index contributed by atoms with van der Waals surface area (Å²) >= 11 is 0. The minimum absolute atomic E-state index is 0.0258. The van der Waals surface area contributed by atoms with Gasteiger partial charge in [-0.25, -0.2) is 0 Å². The molecule has 0 bridgehead atoms. The molecule has 0 spiro atoms. The molecular weight excluding hydrogens is 590 g/mol. The second kappa shape index (κ2) is 14.2. The Morgan fingerprint density at radius 3 is 1.82 bits per heavy atom. The summed E-state index contributed by atoms with van der Waals surface area (Å²) < 4.78 is 0. The summed E-state index contributed by atoms with van der Waals surface area (Å²) in [6.45, 7) is 0.568. The van der Waals surface area contributed by atoms with Crippen molar-refractivity contribution in [2.45, 2.75) is 93.8 Å². The van der Waals surface area contributed by atoms with E-state index in [0.29, 0.717) is 51.5 Å². The largest absolute Gasteiger partial charge is 0.391 e. The van der Waals surface area contributed by atoms with Crippen LogP contribution in [-0.2, 0) is 33.6 Å². The Morgan fingerprint density at radius 1 is 0.689 bits per heavy atom. The standard InChI is InChI=1S/C29H43N7O9/c37-16-17-4-2-8-33(17)24(40)12-31-27(43)23-11-19(39)15-36(23)29(45)21-6-3-9-34(21)25(41)13-32-26(42)22-10-18(38)14-35(22)28(44)20-5-1-7-30-20/h16-23,30,38-39H,1-15H2,(H,31,43)(H,32,42)/t17-,18+,19+,20-,21-,22-,23-/m0/s1. The van der Waals surface area contributed by atoms with Gasteiger partial charge < -0.3 is 50.6 Å². The van der Waals surface area contributed by atoms with Gasteiger partial charge in [-0.1, -0.05) is 0 Å². The summed E-state index contributed by atoms with van der Waals surface area (Å²) in [4.78, 5) is 95.1. The van der Waals surface area contributed by atoms with Crippen LogP contribution in [0.3, 0.4) is 0 Å². The highest BCUT2D eigenvalue weighted by molar-refractivity contribution is 5.96. The van der Waals surface area contributed by atoms with E-state index in [1.165, 1.54) is 19.6 Å². The molecule has 0 unspecified atom stereocenters. The summed E-state index contributed by atoms with van der Waals surface area (Å²) in [7, 11) is 0. The van der Waals surface area contributed by atoms with Crippen molar-refractivity contribution in [2.75, 3.05) is 45.8 Å². The summed E-state index contributed by atoms with van der Waals surface area (Å²) in [6, 6.07) is -3.76. The number of rotatable bonds is 9. The number of aliphatic hydroxyl groups is 2. The van der Waals surface area contributed by atoms with Crippen LogP contribution in [0.4, 0.5) is 0 Å². The maximum atomic E-state index is 13.6. The number of amides is 6. The van der Waals surface area contributed by atoms with Gasteiger partial charge >= 0.3 is 0 Å². The Kier molecular flexibility index (Phi) is 10.3. The SMILES string of the molecule is O=C[C@@H]1CCCN1C(=O)CNC(=O)[C@@H]1C[C@@H](O)CN1C(=O)[C@@H]1CCCN1C(=O)CNC(=O)[C@@H]1C[C@@H](O)CN1C(=O)[C@@H]1CCCN1. The Morgan fingerprint density at radius 2 is 1.24 bits per heavy atom. The third-order valence-electron chi connectivity index (χ3n) is 9.55. The van der Waals surface area contributed by atoms with E-state index in [9.17, 15) is 43.8 Å². The van der Waals surface area contributed by atoms with Crippen molar-refractivity contribution in [1.82, 2.24) is 35.6 Å². The van der Waals surface area contributed by atoms with E-state index in [-0.39, 0.29) is 44.9 Å². The topological polar surface area (TPSA) is 209 Å². The number of hydrogen-bond acceptors (Lipinski definition) is 10. The van der Waals surface area contributed by atoms with Crippen LogP contribution in [0.15, 0.2) is 0 Å². The highest BCUT2D eigenvalue weighted by Crippen LogP contribution is 2.26. The minimum atomic E-state index is -1.04. The van der Waals surface area contributed by atoms with Crippen LogP contribution in [0.25, 0.3) is 0 Å². The Balaban J connectivity index is 1.15. The van der Waals surface area contributed by atoms with Crippen molar-refractivity contribution in [3.8, 4) is 0 Å². The molecule has 248 valence electrons. The molecule has 5 fully saturated rings. The van der Waals surface area contributed by atoms with Crippen molar-refractivity contribution < 1.29 is 43.8 Å². The first-order chi connectivity index (χ1) is 21.6. The fraction of sp³-hybridized carbons (Fsp3) is 0.759. The van der Waals surface area contributed by atoms with Gasteiger partial charge in [-0.05, 0) is 45.1 Å². The molecule has 0 aromatic heterocycles.